The van der Waals surface area contributed by atoms with Gasteiger partial charge in [-0.15, -0.1) is 0 Å². The first-order valence-electron chi connectivity index (χ1n) is 7.77. The summed E-state index contributed by atoms with van der Waals surface area (Å²) in [4.78, 5) is 8.77. The SMILES string of the molecule is N#Cc1ccccc1-c1cc2nn(Cc3ccccn3)cc2c(N)n1. The molecule has 6 heteroatoms. The van der Waals surface area contributed by atoms with Gasteiger partial charge in [0.15, 0.2) is 0 Å². The van der Waals surface area contributed by atoms with Gasteiger partial charge in [-0.1, -0.05) is 24.3 Å². The van der Waals surface area contributed by atoms with Gasteiger partial charge in [0, 0.05) is 18.0 Å². The van der Waals surface area contributed by atoms with Crippen molar-refractivity contribution in [2.45, 2.75) is 6.54 Å². The smallest absolute Gasteiger partial charge is 0.135 e. The Balaban J connectivity index is 1.79. The Morgan fingerprint density at radius 3 is 2.76 bits per heavy atom. The third-order valence-electron chi connectivity index (χ3n) is 3.95. The third kappa shape index (κ3) is 2.79. The molecular formula is C19H14N6. The number of nitrogen functional groups attached to an aromatic ring is 1. The lowest BCUT2D eigenvalue weighted by Crippen LogP contribution is -2.01. The highest BCUT2D eigenvalue weighted by atomic mass is 15.3. The van der Waals surface area contributed by atoms with Crippen LogP contribution in [0.5, 0.6) is 0 Å². The van der Waals surface area contributed by atoms with Crippen molar-refractivity contribution in [3.8, 4) is 17.3 Å². The van der Waals surface area contributed by atoms with Crippen LogP contribution in [-0.4, -0.2) is 19.7 Å². The van der Waals surface area contributed by atoms with Crippen molar-refractivity contribution in [3.05, 3.63) is 72.2 Å². The molecule has 0 aliphatic carbocycles. The van der Waals surface area contributed by atoms with Gasteiger partial charge in [-0.2, -0.15) is 10.4 Å². The molecule has 0 fully saturated rings. The maximum absolute atomic E-state index is 9.29. The highest BCUT2D eigenvalue weighted by molar-refractivity contribution is 5.91. The van der Waals surface area contributed by atoms with E-state index in [2.05, 4.69) is 21.1 Å². The van der Waals surface area contributed by atoms with Crippen LogP contribution in [-0.2, 0) is 6.54 Å². The van der Waals surface area contributed by atoms with Crippen LogP contribution < -0.4 is 5.73 Å². The summed E-state index contributed by atoms with van der Waals surface area (Å²) in [6.45, 7) is 0.555. The van der Waals surface area contributed by atoms with E-state index in [0.29, 0.717) is 23.6 Å². The first-order valence-corrected chi connectivity index (χ1v) is 7.77. The van der Waals surface area contributed by atoms with Crippen molar-refractivity contribution < 1.29 is 0 Å². The summed E-state index contributed by atoms with van der Waals surface area (Å²) in [5.41, 5.74) is 9.73. The molecule has 0 spiro atoms. The minimum Gasteiger partial charge on any atom is -0.383 e. The molecule has 0 unspecified atom stereocenters. The van der Waals surface area contributed by atoms with Crippen LogP contribution in [0.2, 0.25) is 0 Å². The summed E-state index contributed by atoms with van der Waals surface area (Å²) in [6, 6.07) is 17.1. The summed E-state index contributed by atoms with van der Waals surface area (Å²) in [7, 11) is 0. The van der Waals surface area contributed by atoms with E-state index in [1.807, 2.05) is 48.7 Å². The Morgan fingerprint density at radius 1 is 1.12 bits per heavy atom. The van der Waals surface area contributed by atoms with Gasteiger partial charge >= 0.3 is 0 Å². The van der Waals surface area contributed by atoms with E-state index >= 15 is 0 Å². The number of hydrogen-bond donors (Lipinski definition) is 1. The lowest BCUT2D eigenvalue weighted by molar-refractivity contribution is 0.681. The van der Waals surface area contributed by atoms with E-state index in [1.165, 1.54) is 0 Å². The van der Waals surface area contributed by atoms with Crippen LogP contribution in [0.15, 0.2) is 60.9 Å². The number of nitriles is 1. The van der Waals surface area contributed by atoms with Crippen molar-refractivity contribution in [1.29, 1.82) is 5.26 Å². The molecule has 1 aromatic carbocycles. The van der Waals surface area contributed by atoms with Crippen LogP contribution in [0.1, 0.15) is 11.3 Å². The normalized spacial score (nSPS) is 10.7. The van der Waals surface area contributed by atoms with Gasteiger partial charge in [0.2, 0.25) is 0 Å². The standard InChI is InChI=1S/C19H14N6/c20-10-13-5-1-2-7-15(13)17-9-18-16(19(21)23-17)12-25(24-18)11-14-6-3-4-8-22-14/h1-9,12H,11H2,(H2,21,23). The molecule has 3 aromatic heterocycles. The van der Waals surface area contributed by atoms with Crippen LogP contribution in [0.3, 0.4) is 0 Å². The van der Waals surface area contributed by atoms with Gasteiger partial charge in [-0.25, -0.2) is 4.98 Å². The van der Waals surface area contributed by atoms with E-state index in [0.717, 1.165) is 22.2 Å². The lowest BCUT2D eigenvalue weighted by Gasteiger charge is -2.04. The highest BCUT2D eigenvalue weighted by Crippen LogP contribution is 2.27. The summed E-state index contributed by atoms with van der Waals surface area (Å²) in [5, 5.41) is 14.7. The fraction of sp³-hybridized carbons (Fsp3) is 0.0526. The molecule has 0 amide bonds. The molecule has 120 valence electrons. The molecule has 25 heavy (non-hydrogen) atoms. The quantitative estimate of drug-likeness (QED) is 0.624. The Kier molecular flexibility index (Phi) is 3.60. The van der Waals surface area contributed by atoms with Crippen LogP contribution in [0.4, 0.5) is 5.82 Å². The molecule has 6 nitrogen and oxygen atoms in total. The molecule has 0 saturated carbocycles. The average molecular weight is 326 g/mol. The molecule has 0 radical (unpaired) electrons. The van der Waals surface area contributed by atoms with E-state index < -0.39 is 0 Å². The number of fused-ring (bicyclic) bond motifs is 1. The number of benzene rings is 1. The Hall–Kier alpha value is -3.72. The second kappa shape index (κ2) is 6.06. The molecular weight excluding hydrogens is 312 g/mol. The summed E-state index contributed by atoms with van der Waals surface area (Å²) >= 11 is 0. The Labute approximate surface area is 144 Å². The van der Waals surface area contributed by atoms with E-state index in [4.69, 9.17) is 5.73 Å². The fourth-order valence-electron chi connectivity index (χ4n) is 2.77. The van der Waals surface area contributed by atoms with Crippen molar-refractivity contribution in [1.82, 2.24) is 19.7 Å². The number of anilines is 1. The minimum atomic E-state index is 0.396. The van der Waals surface area contributed by atoms with Gasteiger partial charge in [-0.05, 0) is 24.3 Å². The monoisotopic (exact) mass is 326 g/mol. The van der Waals surface area contributed by atoms with Crippen molar-refractivity contribution in [2.24, 2.45) is 0 Å². The zero-order valence-corrected chi connectivity index (χ0v) is 13.3. The van der Waals surface area contributed by atoms with Crippen LogP contribution in [0, 0.1) is 11.3 Å². The van der Waals surface area contributed by atoms with Crippen molar-refractivity contribution >= 4 is 16.7 Å². The second-order valence-electron chi connectivity index (χ2n) is 5.63. The van der Waals surface area contributed by atoms with E-state index in [1.54, 1.807) is 16.9 Å². The molecule has 3 heterocycles. The first kappa shape index (κ1) is 14.8. The largest absolute Gasteiger partial charge is 0.383 e. The third-order valence-corrected chi connectivity index (χ3v) is 3.95. The molecule has 4 aromatic rings. The predicted octanol–water partition coefficient (Wildman–Crippen LogP) is 3.00. The zero-order chi connectivity index (χ0) is 17.2. The lowest BCUT2D eigenvalue weighted by atomic mass is 10.0. The number of nitrogens with zero attached hydrogens (tertiary/aromatic N) is 5. The zero-order valence-electron chi connectivity index (χ0n) is 13.3. The van der Waals surface area contributed by atoms with Crippen LogP contribution >= 0.6 is 0 Å². The number of pyridine rings is 2. The maximum atomic E-state index is 9.29. The van der Waals surface area contributed by atoms with Crippen molar-refractivity contribution in [3.63, 3.8) is 0 Å². The van der Waals surface area contributed by atoms with E-state index in [-0.39, 0.29) is 0 Å². The predicted molar refractivity (Wildman–Crippen MR) is 95.4 cm³/mol. The fourth-order valence-corrected chi connectivity index (χ4v) is 2.77. The molecule has 0 bridgehead atoms. The first-order chi connectivity index (χ1) is 12.2. The molecule has 0 saturated heterocycles. The van der Waals surface area contributed by atoms with Gasteiger partial charge < -0.3 is 5.73 Å². The molecule has 4 rings (SSSR count). The van der Waals surface area contributed by atoms with Crippen molar-refractivity contribution in [2.75, 3.05) is 5.73 Å². The van der Waals surface area contributed by atoms with Gasteiger partial charge in [0.25, 0.3) is 0 Å². The maximum Gasteiger partial charge on any atom is 0.135 e. The molecule has 2 N–H and O–H groups in total. The number of rotatable bonds is 3. The highest BCUT2D eigenvalue weighted by Gasteiger charge is 2.12. The average Bonchev–Trinajstić information content (AvgIpc) is 3.05. The van der Waals surface area contributed by atoms with Gasteiger partial charge in [0.1, 0.15) is 5.82 Å². The topological polar surface area (TPSA) is 93.4 Å². The molecule has 0 aliphatic rings. The second-order valence-corrected chi connectivity index (χ2v) is 5.63. The van der Waals surface area contributed by atoms with Crippen LogP contribution in [0.25, 0.3) is 22.2 Å². The minimum absolute atomic E-state index is 0.396. The summed E-state index contributed by atoms with van der Waals surface area (Å²) in [6.07, 6.45) is 3.62. The summed E-state index contributed by atoms with van der Waals surface area (Å²) < 4.78 is 1.80. The number of aromatic nitrogens is 4. The van der Waals surface area contributed by atoms with E-state index in [9.17, 15) is 5.26 Å². The van der Waals surface area contributed by atoms with Gasteiger partial charge in [-0.3, -0.25) is 9.67 Å². The van der Waals surface area contributed by atoms with Gasteiger partial charge in [0.05, 0.1) is 40.5 Å². The molecule has 0 atom stereocenters. The molecule has 0 aliphatic heterocycles. The Bertz CT molecular complexity index is 1090. The Morgan fingerprint density at radius 2 is 1.96 bits per heavy atom. The summed E-state index contributed by atoms with van der Waals surface area (Å²) in [5.74, 6) is 0.396. The number of nitrogens with two attached hydrogens (primary N) is 1. The number of hydrogen-bond acceptors (Lipinski definition) is 5.